The topological polar surface area (TPSA) is 78.9 Å². The zero-order valence-corrected chi connectivity index (χ0v) is 46.6. The first-order valence-electron chi connectivity index (χ1n) is 30.8. The second-order valence-electron chi connectivity index (χ2n) is 21.0. The van der Waals surface area contributed by atoms with Crippen LogP contribution in [-0.2, 0) is 28.6 Å². The Morgan fingerprint density at radius 3 is 0.725 bits per heavy atom. The number of carbonyl (C=O) groups excluding carboxylic acids is 3. The van der Waals surface area contributed by atoms with E-state index in [2.05, 4.69) is 45.1 Å². The summed E-state index contributed by atoms with van der Waals surface area (Å²) in [6.45, 7) is 6.60. The van der Waals surface area contributed by atoms with Crippen LogP contribution in [0.2, 0.25) is 0 Å². The zero-order valence-electron chi connectivity index (χ0n) is 46.6. The molecule has 0 amide bonds. The highest BCUT2D eigenvalue weighted by molar-refractivity contribution is 5.71. The molecular weight excluding hydrogens is 853 g/mol. The lowest BCUT2D eigenvalue weighted by Crippen LogP contribution is -2.30. The van der Waals surface area contributed by atoms with Crippen molar-refractivity contribution in [2.24, 2.45) is 0 Å². The Hall–Kier alpha value is -2.11. The van der Waals surface area contributed by atoms with Gasteiger partial charge in [-0.2, -0.15) is 0 Å². The number of unbranched alkanes of at least 4 members (excludes halogenated alkanes) is 42. The molecule has 0 radical (unpaired) electrons. The molecule has 0 aliphatic carbocycles. The van der Waals surface area contributed by atoms with E-state index in [-0.39, 0.29) is 31.1 Å². The molecule has 0 fully saturated rings. The smallest absolute Gasteiger partial charge is 0.306 e. The summed E-state index contributed by atoms with van der Waals surface area (Å²) in [6, 6.07) is 0. The van der Waals surface area contributed by atoms with E-state index in [4.69, 9.17) is 14.2 Å². The van der Waals surface area contributed by atoms with Gasteiger partial charge in [-0.1, -0.05) is 276 Å². The minimum absolute atomic E-state index is 0.0691. The van der Waals surface area contributed by atoms with Crippen LogP contribution in [0.25, 0.3) is 0 Å². The monoisotopic (exact) mass is 971 g/mol. The second-order valence-corrected chi connectivity index (χ2v) is 21.0. The molecule has 0 rings (SSSR count). The summed E-state index contributed by atoms with van der Waals surface area (Å²) in [7, 11) is 0. The average molecular weight is 972 g/mol. The van der Waals surface area contributed by atoms with Crippen molar-refractivity contribution in [1.82, 2.24) is 0 Å². The van der Waals surface area contributed by atoms with Crippen molar-refractivity contribution in [2.45, 2.75) is 348 Å². The number of carbonyl (C=O) groups is 3. The van der Waals surface area contributed by atoms with Crippen LogP contribution >= 0.6 is 0 Å². The van der Waals surface area contributed by atoms with Crippen LogP contribution < -0.4 is 0 Å². The zero-order chi connectivity index (χ0) is 50.0. The average Bonchev–Trinajstić information content (AvgIpc) is 3.35. The van der Waals surface area contributed by atoms with Crippen molar-refractivity contribution in [3.05, 3.63) is 24.3 Å². The third-order valence-electron chi connectivity index (χ3n) is 13.9. The SMILES string of the molecule is CCCCCCCC/C=C\CCCCCCCCCC(=O)OC(COC(=O)CCCCCCC)COC(=O)CCCCCCCCCCCCCCCCCCC/C=C\CCCCCCCCCC. The maximum Gasteiger partial charge on any atom is 0.306 e. The van der Waals surface area contributed by atoms with Crippen molar-refractivity contribution < 1.29 is 28.6 Å². The van der Waals surface area contributed by atoms with Crippen molar-refractivity contribution >= 4 is 17.9 Å². The first-order chi connectivity index (χ1) is 34.0. The van der Waals surface area contributed by atoms with Crippen molar-refractivity contribution in [1.29, 1.82) is 0 Å². The van der Waals surface area contributed by atoms with Crippen molar-refractivity contribution in [2.75, 3.05) is 13.2 Å². The summed E-state index contributed by atoms with van der Waals surface area (Å²) in [5, 5.41) is 0. The fourth-order valence-corrected chi connectivity index (χ4v) is 9.26. The maximum absolute atomic E-state index is 12.8. The molecule has 0 aromatic carbocycles. The van der Waals surface area contributed by atoms with Gasteiger partial charge in [-0.05, 0) is 70.6 Å². The minimum Gasteiger partial charge on any atom is -0.462 e. The molecule has 0 aromatic rings. The van der Waals surface area contributed by atoms with Gasteiger partial charge in [-0.15, -0.1) is 0 Å². The van der Waals surface area contributed by atoms with E-state index in [0.29, 0.717) is 19.3 Å². The van der Waals surface area contributed by atoms with Crippen LogP contribution in [0.4, 0.5) is 0 Å². The summed E-state index contributed by atoms with van der Waals surface area (Å²) < 4.78 is 16.7. The first-order valence-corrected chi connectivity index (χ1v) is 30.8. The van der Waals surface area contributed by atoms with E-state index in [1.165, 1.54) is 238 Å². The molecule has 0 saturated heterocycles. The minimum atomic E-state index is -0.767. The molecule has 0 saturated carbocycles. The predicted molar refractivity (Wildman–Crippen MR) is 298 cm³/mol. The summed E-state index contributed by atoms with van der Waals surface area (Å²) in [5.74, 6) is -0.869. The van der Waals surface area contributed by atoms with Gasteiger partial charge in [0, 0.05) is 19.3 Å². The Labute approximate surface area is 430 Å². The molecule has 69 heavy (non-hydrogen) atoms. The highest BCUT2D eigenvalue weighted by Gasteiger charge is 2.19. The van der Waals surface area contributed by atoms with Gasteiger partial charge >= 0.3 is 17.9 Å². The van der Waals surface area contributed by atoms with Crippen LogP contribution in [0, 0.1) is 0 Å². The Kier molecular flexibility index (Phi) is 56.7. The lowest BCUT2D eigenvalue weighted by atomic mass is 10.0. The van der Waals surface area contributed by atoms with Crippen molar-refractivity contribution in [3.63, 3.8) is 0 Å². The van der Waals surface area contributed by atoms with Crippen molar-refractivity contribution in [3.8, 4) is 0 Å². The Morgan fingerprint density at radius 1 is 0.275 bits per heavy atom. The number of esters is 3. The number of allylic oxidation sites excluding steroid dienone is 4. The molecule has 0 N–H and O–H groups in total. The van der Waals surface area contributed by atoms with Crippen LogP contribution in [0.3, 0.4) is 0 Å². The van der Waals surface area contributed by atoms with E-state index < -0.39 is 6.10 Å². The van der Waals surface area contributed by atoms with Crippen LogP contribution in [0.1, 0.15) is 342 Å². The van der Waals surface area contributed by atoms with Gasteiger partial charge in [-0.25, -0.2) is 0 Å². The molecule has 6 heteroatoms. The van der Waals surface area contributed by atoms with Gasteiger partial charge in [0.05, 0.1) is 0 Å². The number of hydrogen-bond acceptors (Lipinski definition) is 6. The van der Waals surface area contributed by atoms with Crippen LogP contribution in [-0.4, -0.2) is 37.2 Å². The molecule has 0 aromatic heterocycles. The summed E-state index contributed by atoms with van der Waals surface area (Å²) in [4.78, 5) is 37.8. The van der Waals surface area contributed by atoms with Gasteiger partial charge in [0.2, 0.25) is 0 Å². The Bertz CT molecular complexity index is 1110. The summed E-state index contributed by atoms with van der Waals surface area (Å²) in [6.07, 6.45) is 69.5. The third kappa shape index (κ3) is 56.7. The van der Waals surface area contributed by atoms with E-state index in [1.807, 2.05) is 0 Å². The van der Waals surface area contributed by atoms with Crippen LogP contribution in [0.15, 0.2) is 24.3 Å². The highest BCUT2D eigenvalue weighted by atomic mass is 16.6. The fraction of sp³-hybridized carbons (Fsp3) is 0.889. The molecule has 1 unspecified atom stereocenters. The Balaban J connectivity index is 3.95. The van der Waals surface area contributed by atoms with Gasteiger partial charge < -0.3 is 14.2 Å². The quantitative estimate of drug-likeness (QED) is 0.0261. The summed E-state index contributed by atoms with van der Waals surface area (Å²) >= 11 is 0. The van der Waals surface area contributed by atoms with E-state index >= 15 is 0 Å². The number of rotatable bonds is 57. The lowest BCUT2D eigenvalue weighted by molar-refractivity contribution is -0.167. The standard InChI is InChI=1S/C63H118O6/c1-4-7-10-13-15-17-19-21-23-25-26-27-28-29-30-31-32-33-34-35-36-38-39-41-43-45-47-50-53-56-62(65)68-59-60(58-67-61(64)55-52-49-12-9-6-3)69-63(66)57-54-51-48-46-44-42-40-37-24-22-20-18-16-14-11-8-5-2/h22,24-26,60H,4-21,23,27-59H2,1-3H3/b24-22-,26-25-. The number of hydrogen-bond donors (Lipinski definition) is 0. The molecule has 0 bridgehead atoms. The van der Waals surface area contributed by atoms with E-state index in [9.17, 15) is 14.4 Å². The molecule has 0 spiro atoms. The largest absolute Gasteiger partial charge is 0.462 e. The molecule has 0 aliphatic rings. The normalized spacial score (nSPS) is 12.1. The molecular formula is C63H118O6. The van der Waals surface area contributed by atoms with E-state index in [1.54, 1.807) is 0 Å². The third-order valence-corrected chi connectivity index (χ3v) is 13.9. The second kappa shape index (κ2) is 58.5. The Morgan fingerprint density at radius 2 is 0.478 bits per heavy atom. The van der Waals surface area contributed by atoms with Gasteiger partial charge in [-0.3, -0.25) is 14.4 Å². The van der Waals surface area contributed by atoms with Crippen LogP contribution in [0.5, 0.6) is 0 Å². The maximum atomic E-state index is 12.8. The van der Waals surface area contributed by atoms with Gasteiger partial charge in [0.1, 0.15) is 13.2 Å². The van der Waals surface area contributed by atoms with Gasteiger partial charge in [0.15, 0.2) is 6.10 Å². The molecule has 1 atom stereocenters. The number of ether oxygens (including phenoxy) is 3. The predicted octanol–water partition coefficient (Wildman–Crippen LogP) is 20.7. The van der Waals surface area contributed by atoms with Gasteiger partial charge in [0.25, 0.3) is 0 Å². The summed E-state index contributed by atoms with van der Waals surface area (Å²) in [5.41, 5.74) is 0. The molecule has 406 valence electrons. The lowest BCUT2D eigenvalue weighted by Gasteiger charge is -2.18. The van der Waals surface area contributed by atoms with E-state index in [0.717, 1.165) is 64.2 Å². The molecule has 6 nitrogen and oxygen atoms in total. The first kappa shape index (κ1) is 66.9. The highest BCUT2D eigenvalue weighted by Crippen LogP contribution is 2.17. The molecule has 0 heterocycles. The fourth-order valence-electron chi connectivity index (χ4n) is 9.26. The molecule has 0 aliphatic heterocycles.